The Hall–Kier alpha value is -1.55. The highest BCUT2D eigenvalue weighted by molar-refractivity contribution is 5.94. The molecule has 2 saturated heterocycles. The van der Waals surface area contributed by atoms with E-state index in [-0.39, 0.29) is 5.91 Å². The summed E-state index contributed by atoms with van der Waals surface area (Å²) >= 11 is 0. The number of amides is 1. The summed E-state index contributed by atoms with van der Waals surface area (Å²) in [6.07, 6.45) is 1.23. The Balaban J connectivity index is 1.85. The average molecular weight is 245 g/mol. The van der Waals surface area contributed by atoms with Crippen LogP contribution in [0.2, 0.25) is 0 Å². The summed E-state index contributed by atoms with van der Waals surface area (Å²) in [4.78, 5) is 16.0. The first-order valence-electron chi connectivity index (χ1n) is 6.47. The van der Waals surface area contributed by atoms with Gasteiger partial charge in [0.15, 0.2) is 0 Å². The first-order chi connectivity index (χ1) is 8.65. The van der Waals surface area contributed by atoms with E-state index in [2.05, 4.69) is 16.3 Å². The Morgan fingerprint density at radius 1 is 1.44 bits per heavy atom. The summed E-state index contributed by atoms with van der Waals surface area (Å²) in [7, 11) is 3.58. The van der Waals surface area contributed by atoms with Crippen LogP contribution in [0.1, 0.15) is 16.8 Å². The number of piperazine rings is 1. The molecule has 3 rings (SSSR count). The number of nitrogens with zero attached hydrogens (tertiary/aromatic N) is 2. The third-order valence-corrected chi connectivity index (χ3v) is 3.89. The molecule has 4 nitrogen and oxygen atoms in total. The number of hydrogen-bond acceptors (Lipinski definition) is 3. The maximum Gasteiger partial charge on any atom is 0.253 e. The van der Waals surface area contributed by atoms with Crippen LogP contribution >= 0.6 is 0 Å². The van der Waals surface area contributed by atoms with E-state index in [1.165, 1.54) is 12.1 Å². The fourth-order valence-electron chi connectivity index (χ4n) is 2.95. The molecule has 0 spiro atoms. The summed E-state index contributed by atoms with van der Waals surface area (Å²) in [5.41, 5.74) is 1.95. The van der Waals surface area contributed by atoms with Gasteiger partial charge in [0.2, 0.25) is 0 Å². The predicted octanol–water partition coefficient (Wildman–Crippen LogP) is 0.939. The molecule has 0 saturated carbocycles. The molecule has 4 heteroatoms. The summed E-state index contributed by atoms with van der Waals surface area (Å²) in [5, 5.41) is 3.49. The van der Waals surface area contributed by atoms with Crippen LogP contribution in [0.15, 0.2) is 24.3 Å². The number of anilines is 1. The van der Waals surface area contributed by atoms with Crippen LogP contribution < -0.4 is 10.2 Å². The van der Waals surface area contributed by atoms with Gasteiger partial charge in [0.25, 0.3) is 5.91 Å². The lowest BCUT2D eigenvalue weighted by molar-refractivity contribution is 0.0827. The van der Waals surface area contributed by atoms with Gasteiger partial charge in [-0.3, -0.25) is 4.79 Å². The van der Waals surface area contributed by atoms with Crippen LogP contribution in [0.4, 0.5) is 5.69 Å². The molecular weight excluding hydrogens is 226 g/mol. The van der Waals surface area contributed by atoms with Crippen LogP contribution in [-0.2, 0) is 0 Å². The fourth-order valence-corrected chi connectivity index (χ4v) is 2.95. The lowest BCUT2D eigenvalue weighted by Crippen LogP contribution is -2.43. The van der Waals surface area contributed by atoms with Gasteiger partial charge in [0.1, 0.15) is 0 Å². The molecule has 1 aromatic rings. The van der Waals surface area contributed by atoms with Crippen LogP contribution in [-0.4, -0.2) is 50.1 Å². The fraction of sp³-hybridized carbons (Fsp3) is 0.500. The second-order valence-corrected chi connectivity index (χ2v) is 5.40. The lowest BCUT2D eigenvalue weighted by atomic mass is 10.1. The van der Waals surface area contributed by atoms with E-state index in [0.717, 1.165) is 18.7 Å². The molecule has 2 aliphatic rings. The van der Waals surface area contributed by atoms with Crippen molar-refractivity contribution in [3.63, 3.8) is 0 Å². The largest absolute Gasteiger partial charge is 0.366 e. The highest BCUT2D eigenvalue weighted by Gasteiger charge is 2.37. The maximum absolute atomic E-state index is 12.0. The summed E-state index contributed by atoms with van der Waals surface area (Å²) in [6.45, 7) is 2.13. The molecule has 0 aliphatic carbocycles. The standard InChI is InChI=1S/C14H19N3O/c1-16(2)14(18)10-4-3-5-12(6-10)17-9-11-7-13(17)8-15-11/h3-6,11,13,15H,7-9H2,1-2H3/t11-,13-/m0/s1. The van der Waals surface area contributed by atoms with Gasteiger partial charge in [-0.15, -0.1) is 0 Å². The number of carbonyl (C=O) groups is 1. The molecule has 1 amide bonds. The Kier molecular flexibility index (Phi) is 2.74. The van der Waals surface area contributed by atoms with E-state index in [0.29, 0.717) is 12.1 Å². The Morgan fingerprint density at radius 2 is 2.28 bits per heavy atom. The highest BCUT2D eigenvalue weighted by atomic mass is 16.2. The van der Waals surface area contributed by atoms with E-state index < -0.39 is 0 Å². The molecule has 2 heterocycles. The van der Waals surface area contributed by atoms with Crippen molar-refractivity contribution in [1.82, 2.24) is 10.2 Å². The molecule has 1 N–H and O–H groups in total. The van der Waals surface area contributed by atoms with Gasteiger partial charge in [-0.25, -0.2) is 0 Å². The van der Waals surface area contributed by atoms with Crippen molar-refractivity contribution in [2.24, 2.45) is 0 Å². The van der Waals surface area contributed by atoms with Crippen LogP contribution in [0, 0.1) is 0 Å². The summed E-state index contributed by atoms with van der Waals surface area (Å²) in [6, 6.07) is 9.21. The minimum Gasteiger partial charge on any atom is -0.366 e. The number of carbonyl (C=O) groups excluding carboxylic acids is 1. The number of nitrogens with one attached hydrogen (secondary N) is 1. The SMILES string of the molecule is CN(C)C(=O)c1cccc(N2C[C@@H]3C[C@H]2CN3)c1. The van der Waals surface area contributed by atoms with Gasteiger partial charge >= 0.3 is 0 Å². The van der Waals surface area contributed by atoms with Crippen LogP contribution in [0.5, 0.6) is 0 Å². The quantitative estimate of drug-likeness (QED) is 0.842. The zero-order chi connectivity index (χ0) is 12.7. The van der Waals surface area contributed by atoms with Crippen molar-refractivity contribution in [3.05, 3.63) is 29.8 Å². The lowest BCUT2D eigenvalue weighted by Gasteiger charge is -2.29. The van der Waals surface area contributed by atoms with Crippen molar-refractivity contribution in [2.75, 3.05) is 32.1 Å². The van der Waals surface area contributed by atoms with Crippen molar-refractivity contribution < 1.29 is 4.79 Å². The molecule has 18 heavy (non-hydrogen) atoms. The predicted molar refractivity (Wildman–Crippen MR) is 72.0 cm³/mol. The van der Waals surface area contributed by atoms with Crippen molar-refractivity contribution in [2.45, 2.75) is 18.5 Å². The van der Waals surface area contributed by atoms with E-state index in [1.54, 1.807) is 19.0 Å². The second kappa shape index (κ2) is 4.28. The monoisotopic (exact) mass is 245 g/mol. The van der Waals surface area contributed by atoms with Crippen molar-refractivity contribution in [3.8, 4) is 0 Å². The molecule has 2 aliphatic heterocycles. The first-order valence-corrected chi connectivity index (χ1v) is 6.47. The van der Waals surface area contributed by atoms with E-state index in [9.17, 15) is 4.79 Å². The number of hydrogen-bond donors (Lipinski definition) is 1. The van der Waals surface area contributed by atoms with Gasteiger partial charge in [0.05, 0.1) is 0 Å². The molecule has 96 valence electrons. The van der Waals surface area contributed by atoms with Gasteiger partial charge < -0.3 is 15.1 Å². The van der Waals surface area contributed by atoms with Crippen molar-refractivity contribution >= 4 is 11.6 Å². The van der Waals surface area contributed by atoms with E-state index in [4.69, 9.17) is 0 Å². The highest BCUT2D eigenvalue weighted by Crippen LogP contribution is 2.29. The van der Waals surface area contributed by atoms with Gasteiger partial charge in [-0.05, 0) is 24.6 Å². The summed E-state index contributed by atoms with van der Waals surface area (Å²) in [5.74, 6) is 0.0688. The zero-order valence-electron chi connectivity index (χ0n) is 10.9. The minimum absolute atomic E-state index is 0.0688. The van der Waals surface area contributed by atoms with Gasteiger partial charge in [-0.2, -0.15) is 0 Å². The topological polar surface area (TPSA) is 35.6 Å². The van der Waals surface area contributed by atoms with Gasteiger partial charge in [-0.1, -0.05) is 6.07 Å². The number of fused-ring (bicyclic) bond motifs is 2. The molecule has 2 bridgehead atoms. The molecule has 2 fully saturated rings. The Morgan fingerprint density at radius 3 is 2.89 bits per heavy atom. The number of rotatable bonds is 2. The molecule has 0 aromatic heterocycles. The van der Waals surface area contributed by atoms with Crippen molar-refractivity contribution in [1.29, 1.82) is 0 Å². The van der Waals surface area contributed by atoms with Gasteiger partial charge in [0, 0.05) is 50.5 Å². The van der Waals surface area contributed by atoms with E-state index >= 15 is 0 Å². The average Bonchev–Trinajstić information content (AvgIpc) is 3.00. The normalized spacial score (nSPS) is 25.6. The maximum atomic E-state index is 12.0. The molecule has 1 aromatic carbocycles. The Labute approximate surface area is 108 Å². The molecule has 0 radical (unpaired) electrons. The third-order valence-electron chi connectivity index (χ3n) is 3.89. The van der Waals surface area contributed by atoms with E-state index in [1.807, 2.05) is 18.2 Å². The smallest absolute Gasteiger partial charge is 0.253 e. The third kappa shape index (κ3) is 1.86. The van der Waals surface area contributed by atoms with Crippen LogP contribution in [0.25, 0.3) is 0 Å². The number of benzene rings is 1. The molecule has 2 atom stereocenters. The summed E-state index contributed by atoms with van der Waals surface area (Å²) < 4.78 is 0. The molecule has 0 unspecified atom stereocenters. The second-order valence-electron chi connectivity index (χ2n) is 5.40. The Bertz CT molecular complexity index is 472. The molecular formula is C14H19N3O. The minimum atomic E-state index is 0.0688. The zero-order valence-corrected chi connectivity index (χ0v) is 10.9. The first kappa shape index (κ1) is 11.5. The van der Waals surface area contributed by atoms with Crippen LogP contribution in [0.3, 0.4) is 0 Å².